The van der Waals surface area contributed by atoms with Crippen molar-refractivity contribution in [2.45, 2.75) is 19.6 Å². The fraction of sp³-hybridized carbons (Fsp3) is 0.235. The Morgan fingerprint density at radius 3 is 2.62 bits per heavy atom. The Hall–Kier alpha value is -2.86. The molecule has 0 fully saturated rings. The van der Waals surface area contributed by atoms with Gasteiger partial charge in [0.25, 0.3) is 5.91 Å². The molecule has 0 saturated carbocycles. The molecule has 3 aromatic rings. The van der Waals surface area contributed by atoms with E-state index in [1.807, 2.05) is 12.1 Å². The predicted molar refractivity (Wildman–Crippen MR) is 99.2 cm³/mol. The zero-order valence-corrected chi connectivity index (χ0v) is 16.4. The van der Waals surface area contributed by atoms with Crippen LogP contribution in [0.2, 0.25) is 0 Å². The molecule has 2 aromatic heterocycles. The summed E-state index contributed by atoms with van der Waals surface area (Å²) in [5.74, 6) is 0.151. The smallest absolute Gasteiger partial charge is 0.411 e. The molecular weight excluding hydrogens is 459 g/mol. The molecule has 0 aliphatic rings. The molecule has 0 aliphatic carbocycles. The molecule has 1 N–H and O–H groups in total. The van der Waals surface area contributed by atoms with Crippen molar-refractivity contribution in [1.82, 2.24) is 19.6 Å². The summed E-state index contributed by atoms with van der Waals surface area (Å²) < 4.78 is 49.7. The van der Waals surface area contributed by atoms with Crippen LogP contribution in [0.15, 0.2) is 53.4 Å². The monoisotopic (exact) mass is 473 g/mol. The largest absolute Gasteiger partial charge is 0.471 e. The van der Waals surface area contributed by atoms with Crippen molar-refractivity contribution in [2.24, 2.45) is 0 Å². The van der Waals surface area contributed by atoms with Gasteiger partial charge in [-0.2, -0.15) is 23.4 Å². The molecule has 1 amide bonds. The number of hydrogen-bond donors (Lipinski definition) is 1. The number of alkyl halides is 3. The van der Waals surface area contributed by atoms with Gasteiger partial charge in [0.2, 0.25) is 0 Å². The van der Waals surface area contributed by atoms with Crippen LogP contribution in [0, 0.1) is 0 Å². The third-order valence-corrected chi connectivity index (χ3v) is 3.96. The number of amides is 1. The molecule has 0 spiro atoms. The Bertz CT molecular complexity index is 956. The predicted octanol–water partition coefficient (Wildman–Crippen LogP) is 3.67. The minimum atomic E-state index is -4.41. The number of nitrogens with zero attached hydrogens (tertiary/aromatic N) is 4. The van der Waals surface area contributed by atoms with Gasteiger partial charge in [0.05, 0.1) is 18.1 Å². The molecule has 0 saturated heterocycles. The van der Waals surface area contributed by atoms with Crippen molar-refractivity contribution >= 4 is 27.5 Å². The summed E-state index contributed by atoms with van der Waals surface area (Å²) >= 11 is 3.33. The number of carbonyl (C=O) groups is 1. The van der Waals surface area contributed by atoms with Gasteiger partial charge in [-0.05, 0) is 30.3 Å². The number of aromatic nitrogens is 4. The van der Waals surface area contributed by atoms with Gasteiger partial charge in [0.15, 0.2) is 12.4 Å². The summed E-state index contributed by atoms with van der Waals surface area (Å²) in [6.45, 7) is -1.66. The minimum Gasteiger partial charge on any atom is -0.471 e. The summed E-state index contributed by atoms with van der Waals surface area (Å²) in [5.41, 5.74) is 0.441. The molecule has 0 bridgehead atoms. The maximum atomic E-state index is 12.2. The first-order valence-electron chi connectivity index (χ1n) is 8.19. The van der Waals surface area contributed by atoms with E-state index in [0.717, 1.165) is 9.15 Å². The Kier molecular flexibility index (Phi) is 6.54. The number of benzene rings is 1. The second-order valence-electron chi connectivity index (χ2n) is 5.78. The van der Waals surface area contributed by atoms with Gasteiger partial charge in [-0.25, -0.2) is 9.36 Å². The van der Waals surface area contributed by atoms with Crippen LogP contribution >= 0.6 is 15.9 Å². The van der Waals surface area contributed by atoms with E-state index in [1.165, 1.54) is 23.1 Å². The average Bonchev–Trinajstić information content (AvgIpc) is 3.30. The Morgan fingerprint density at radius 1 is 1.14 bits per heavy atom. The lowest BCUT2D eigenvalue weighted by Crippen LogP contribution is -2.18. The SMILES string of the molecule is O=C(Nc1cnn(COCC(F)(F)F)c1)c1ccn(COc2ccc(Br)cc2)n1. The van der Waals surface area contributed by atoms with Crippen LogP contribution in [-0.2, 0) is 18.2 Å². The first kappa shape index (κ1) is 20.9. The van der Waals surface area contributed by atoms with Gasteiger partial charge < -0.3 is 14.8 Å². The molecule has 3 rings (SSSR count). The zero-order valence-electron chi connectivity index (χ0n) is 14.8. The van der Waals surface area contributed by atoms with E-state index in [-0.39, 0.29) is 12.4 Å². The van der Waals surface area contributed by atoms with E-state index in [0.29, 0.717) is 11.4 Å². The molecule has 0 radical (unpaired) electrons. The van der Waals surface area contributed by atoms with Gasteiger partial charge in [-0.3, -0.25) is 4.79 Å². The highest BCUT2D eigenvalue weighted by molar-refractivity contribution is 9.10. The molecule has 29 heavy (non-hydrogen) atoms. The Morgan fingerprint density at radius 2 is 1.90 bits per heavy atom. The van der Waals surface area contributed by atoms with Crippen molar-refractivity contribution in [2.75, 3.05) is 11.9 Å². The lowest BCUT2D eigenvalue weighted by molar-refractivity contribution is -0.182. The number of nitrogens with one attached hydrogen (secondary N) is 1. The molecule has 154 valence electrons. The maximum Gasteiger partial charge on any atom is 0.411 e. The van der Waals surface area contributed by atoms with Crippen molar-refractivity contribution in [3.8, 4) is 5.75 Å². The van der Waals surface area contributed by atoms with Crippen LogP contribution in [0.1, 0.15) is 10.5 Å². The molecule has 0 atom stereocenters. The molecule has 2 heterocycles. The molecule has 1 aromatic carbocycles. The van der Waals surface area contributed by atoms with Crippen molar-refractivity contribution < 1.29 is 27.4 Å². The third-order valence-electron chi connectivity index (χ3n) is 3.43. The van der Waals surface area contributed by atoms with Crippen molar-refractivity contribution in [1.29, 1.82) is 0 Å². The second kappa shape index (κ2) is 9.09. The van der Waals surface area contributed by atoms with E-state index < -0.39 is 25.4 Å². The van der Waals surface area contributed by atoms with Gasteiger partial charge in [0, 0.05) is 10.7 Å². The Labute approximate surface area is 171 Å². The molecule has 12 heteroatoms. The number of carbonyl (C=O) groups excluding carboxylic acids is 1. The van der Waals surface area contributed by atoms with Crippen LogP contribution in [-0.4, -0.2) is 38.3 Å². The number of hydrogen-bond acceptors (Lipinski definition) is 5. The zero-order chi connectivity index (χ0) is 20.9. The standard InChI is InChI=1S/C17H15BrF3N5O3/c18-12-1-3-14(4-2-12)29-11-25-6-5-15(24-25)16(27)23-13-7-22-26(8-13)10-28-9-17(19,20)21/h1-8H,9-11H2,(H,23,27). The quantitative estimate of drug-likeness (QED) is 0.539. The van der Waals surface area contributed by atoms with E-state index >= 15 is 0 Å². The fourth-order valence-corrected chi connectivity index (χ4v) is 2.44. The lowest BCUT2D eigenvalue weighted by atomic mass is 10.3. The summed E-state index contributed by atoms with van der Waals surface area (Å²) in [6, 6.07) is 8.77. The van der Waals surface area contributed by atoms with Crippen molar-refractivity contribution in [3.05, 3.63) is 59.1 Å². The highest BCUT2D eigenvalue weighted by atomic mass is 79.9. The molecule has 8 nitrogen and oxygen atoms in total. The molecule has 0 unspecified atom stereocenters. The normalized spacial score (nSPS) is 11.4. The first-order valence-corrected chi connectivity index (χ1v) is 8.98. The van der Waals surface area contributed by atoms with Gasteiger partial charge >= 0.3 is 6.18 Å². The van der Waals surface area contributed by atoms with Crippen LogP contribution in [0.25, 0.3) is 0 Å². The number of halogens is 4. The first-order chi connectivity index (χ1) is 13.8. The minimum absolute atomic E-state index is 0.114. The van der Waals surface area contributed by atoms with Gasteiger partial charge in [-0.15, -0.1) is 0 Å². The van der Waals surface area contributed by atoms with Gasteiger partial charge in [0.1, 0.15) is 19.1 Å². The highest BCUT2D eigenvalue weighted by Crippen LogP contribution is 2.17. The molecule has 0 aliphatic heterocycles. The van der Waals surface area contributed by atoms with Crippen LogP contribution in [0.3, 0.4) is 0 Å². The van der Waals surface area contributed by atoms with E-state index in [4.69, 9.17) is 4.74 Å². The maximum absolute atomic E-state index is 12.2. The lowest BCUT2D eigenvalue weighted by Gasteiger charge is -2.07. The average molecular weight is 474 g/mol. The van der Waals surface area contributed by atoms with E-state index in [9.17, 15) is 18.0 Å². The summed E-state index contributed by atoms with van der Waals surface area (Å²) in [6.07, 6.45) is -0.184. The van der Waals surface area contributed by atoms with Crippen LogP contribution < -0.4 is 10.1 Å². The van der Waals surface area contributed by atoms with E-state index in [2.05, 4.69) is 36.2 Å². The topological polar surface area (TPSA) is 83.2 Å². The molecular formula is C17H15BrF3N5O3. The second-order valence-corrected chi connectivity index (χ2v) is 6.70. The van der Waals surface area contributed by atoms with Gasteiger partial charge in [-0.1, -0.05) is 15.9 Å². The number of ether oxygens (including phenoxy) is 2. The summed E-state index contributed by atoms with van der Waals surface area (Å²) in [4.78, 5) is 12.2. The van der Waals surface area contributed by atoms with Crippen LogP contribution in [0.4, 0.5) is 18.9 Å². The summed E-state index contributed by atoms with van der Waals surface area (Å²) in [7, 11) is 0. The van der Waals surface area contributed by atoms with E-state index in [1.54, 1.807) is 18.3 Å². The number of anilines is 1. The Balaban J connectivity index is 1.49. The van der Waals surface area contributed by atoms with Crippen LogP contribution in [0.5, 0.6) is 5.75 Å². The number of rotatable bonds is 8. The van der Waals surface area contributed by atoms with Crippen molar-refractivity contribution in [3.63, 3.8) is 0 Å². The summed E-state index contributed by atoms with van der Waals surface area (Å²) in [5, 5.41) is 10.5. The third kappa shape index (κ3) is 6.61. The fourth-order valence-electron chi connectivity index (χ4n) is 2.17. The highest BCUT2D eigenvalue weighted by Gasteiger charge is 2.27.